The van der Waals surface area contributed by atoms with Crippen molar-refractivity contribution in [2.24, 2.45) is 0 Å². The van der Waals surface area contributed by atoms with Gasteiger partial charge in [0.05, 0.1) is 6.10 Å². The Bertz CT molecular complexity index is 1100. The first-order valence-corrected chi connectivity index (χ1v) is 11.1. The lowest BCUT2D eigenvalue weighted by atomic mass is 10.1. The molecule has 2 heterocycles. The zero-order chi connectivity index (χ0) is 24.9. The van der Waals surface area contributed by atoms with Crippen molar-refractivity contribution >= 4 is 11.6 Å². The SMILES string of the molecule is O=C1C(Oc2ccc(F)c(F)c2)=CCN1c1ccc(OCCN2CCC[C@H](O)C2)c(OC(F)F)c1. The van der Waals surface area contributed by atoms with Gasteiger partial charge in [-0.05, 0) is 49.7 Å². The zero-order valence-electron chi connectivity index (χ0n) is 18.6. The van der Waals surface area contributed by atoms with Gasteiger partial charge in [0.25, 0.3) is 5.91 Å². The number of β-amino-alcohol motifs (C(OH)–C–C–N with tert-alkyl or cyclic N) is 1. The highest BCUT2D eigenvalue weighted by molar-refractivity contribution is 6.07. The summed E-state index contributed by atoms with van der Waals surface area (Å²) in [6.45, 7) is -0.984. The van der Waals surface area contributed by atoms with Gasteiger partial charge in [-0.3, -0.25) is 9.69 Å². The second-order valence-electron chi connectivity index (χ2n) is 8.12. The van der Waals surface area contributed by atoms with Crippen LogP contribution >= 0.6 is 0 Å². The molecule has 2 aromatic carbocycles. The van der Waals surface area contributed by atoms with Crippen LogP contribution in [0.3, 0.4) is 0 Å². The average molecular weight is 496 g/mol. The van der Waals surface area contributed by atoms with Crippen molar-refractivity contribution in [3.8, 4) is 17.2 Å². The van der Waals surface area contributed by atoms with Crippen LogP contribution in [0.1, 0.15) is 12.8 Å². The monoisotopic (exact) mass is 496 g/mol. The number of alkyl halides is 2. The molecular weight excluding hydrogens is 472 g/mol. The average Bonchev–Trinajstić information content (AvgIpc) is 3.17. The van der Waals surface area contributed by atoms with Crippen molar-refractivity contribution in [2.45, 2.75) is 25.6 Å². The van der Waals surface area contributed by atoms with E-state index in [0.29, 0.717) is 13.1 Å². The van der Waals surface area contributed by atoms with E-state index in [1.54, 1.807) is 0 Å². The molecule has 1 saturated heterocycles. The Morgan fingerprint density at radius 3 is 2.66 bits per heavy atom. The number of amides is 1. The standard InChI is InChI=1S/C24H24F4N2O5/c25-18-5-4-17(13-19(18)26)34-21-7-9-30(23(21)32)15-3-6-20(22(12-15)35-24(27)28)33-11-10-29-8-1-2-16(31)14-29/h3-7,12-13,16,24,31H,1-2,8-11,14H2/t16-/m0/s1. The highest BCUT2D eigenvalue weighted by atomic mass is 19.3. The maximum absolute atomic E-state index is 13.4. The summed E-state index contributed by atoms with van der Waals surface area (Å²) in [6.07, 6.45) is 2.68. The van der Waals surface area contributed by atoms with Crippen LogP contribution in [-0.4, -0.2) is 61.4 Å². The Morgan fingerprint density at radius 1 is 1.09 bits per heavy atom. The molecule has 0 radical (unpaired) electrons. The van der Waals surface area contributed by atoms with Gasteiger partial charge in [-0.1, -0.05) is 0 Å². The van der Waals surface area contributed by atoms with Crippen LogP contribution in [0.4, 0.5) is 23.2 Å². The van der Waals surface area contributed by atoms with Gasteiger partial charge in [0.15, 0.2) is 28.9 Å². The number of anilines is 1. The number of ether oxygens (including phenoxy) is 3. The number of nitrogens with zero attached hydrogens (tertiary/aromatic N) is 2. The molecule has 1 amide bonds. The third kappa shape index (κ3) is 6.23. The molecule has 2 aliphatic rings. The molecule has 0 saturated carbocycles. The molecule has 1 atom stereocenters. The van der Waals surface area contributed by atoms with Crippen molar-refractivity contribution < 1.29 is 41.7 Å². The molecule has 7 nitrogen and oxygen atoms in total. The van der Waals surface area contributed by atoms with Crippen molar-refractivity contribution in [3.63, 3.8) is 0 Å². The van der Waals surface area contributed by atoms with Gasteiger partial charge in [-0.25, -0.2) is 8.78 Å². The van der Waals surface area contributed by atoms with Crippen LogP contribution in [0.15, 0.2) is 48.2 Å². The third-order valence-corrected chi connectivity index (χ3v) is 5.63. The predicted molar refractivity (Wildman–Crippen MR) is 118 cm³/mol. The largest absolute Gasteiger partial charge is 0.488 e. The number of benzene rings is 2. The Balaban J connectivity index is 1.41. The van der Waals surface area contributed by atoms with E-state index in [-0.39, 0.29) is 48.0 Å². The van der Waals surface area contributed by atoms with Crippen LogP contribution in [0.25, 0.3) is 0 Å². The molecule has 0 unspecified atom stereocenters. The minimum Gasteiger partial charge on any atom is -0.488 e. The van der Waals surface area contributed by atoms with Gasteiger partial charge in [-0.2, -0.15) is 8.78 Å². The maximum Gasteiger partial charge on any atom is 0.387 e. The summed E-state index contributed by atoms with van der Waals surface area (Å²) < 4.78 is 68.2. The Morgan fingerprint density at radius 2 is 1.91 bits per heavy atom. The number of carbonyl (C=O) groups is 1. The van der Waals surface area contributed by atoms with Crippen molar-refractivity contribution in [2.75, 3.05) is 37.7 Å². The highest BCUT2D eigenvalue weighted by Gasteiger charge is 2.28. The van der Waals surface area contributed by atoms with E-state index in [0.717, 1.165) is 31.5 Å². The van der Waals surface area contributed by atoms with Crippen molar-refractivity contribution in [1.82, 2.24) is 4.90 Å². The predicted octanol–water partition coefficient (Wildman–Crippen LogP) is 3.71. The first kappa shape index (κ1) is 24.8. The number of likely N-dealkylation sites (tertiary alicyclic amines) is 1. The van der Waals surface area contributed by atoms with E-state index >= 15 is 0 Å². The molecule has 0 aromatic heterocycles. The van der Waals surface area contributed by atoms with Gasteiger partial charge >= 0.3 is 6.61 Å². The maximum atomic E-state index is 13.4. The van der Waals surface area contributed by atoms with Crippen LogP contribution in [0.5, 0.6) is 17.2 Å². The van der Waals surface area contributed by atoms with E-state index in [4.69, 9.17) is 9.47 Å². The third-order valence-electron chi connectivity index (χ3n) is 5.63. The topological polar surface area (TPSA) is 71.5 Å². The normalized spacial score (nSPS) is 18.7. The number of carbonyl (C=O) groups excluding carboxylic acids is 1. The number of halogens is 4. The smallest absolute Gasteiger partial charge is 0.387 e. The number of aliphatic hydroxyl groups excluding tert-OH is 1. The van der Waals surface area contributed by atoms with E-state index < -0.39 is 24.2 Å². The number of rotatable bonds is 9. The van der Waals surface area contributed by atoms with E-state index in [9.17, 15) is 27.5 Å². The fourth-order valence-corrected chi connectivity index (χ4v) is 3.94. The highest BCUT2D eigenvalue weighted by Crippen LogP contribution is 2.35. The van der Waals surface area contributed by atoms with Crippen LogP contribution in [0.2, 0.25) is 0 Å². The molecule has 2 aliphatic heterocycles. The second-order valence-corrected chi connectivity index (χ2v) is 8.12. The molecule has 4 rings (SSSR count). The quantitative estimate of drug-likeness (QED) is 0.534. The Hall–Kier alpha value is -3.31. The molecule has 11 heteroatoms. The van der Waals surface area contributed by atoms with Gasteiger partial charge in [-0.15, -0.1) is 0 Å². The number of aliphatic hydroxyl groups is 1. The molecule has 0 bridgehead atoms. The van der Waals surface area contributed by atoms with E-state index in [2.05, 4.69) is 4.74 Å². The minimum absolute atomic E-state index is 0.0583. The fourth-order valence-electron chi connectivity index (χ4n) is 3.94. The lowest BCUT2D eigenvalue weighted by molar-refractivity contribution is -0.116. The van der Waals surface area contributed by atoms with Gasteiger partial charge in [0, 0.05) is 37.5 Å². The summed E-state index contributed by atoms with van der Waals surface area (Å²) in [5, 5.41) is 9.76. The summed E-state index contributed by atoms with van der Waals surface area (Å²) in [5.74, 6) is -3.08. The Labute approximate surface area is 199 Å². The van der Waals surface area contributed by atoms with Crippen LogP contribution in [-0.2, 0) is 4.79 Å². The molecule has 1 fully saturated rings. The molecule has 1 N–H and O–H groups in total. The lowest BCUT2D eigenvalue weighted by Gasteiger charge is -2.29. The summed E-state index contributed by atoms with van der Waals surface area (Å²) in [7, 11) is 0. The van der Waals surface area contributed by atoms with Crippen LogP contribution in [0, 0.1) is 11.6 Å². The number of hydrogen-bond acceptors (Lipinski definition) is 6. The van der Waals surface area contributed by atoms with E-state index in [1.807, 2.05) is 4.90 Å². The first-order valence-electron chi connectivity index (χ1n) is 11.1. The second kappa shape index (κ2) is 11.0. The molecule has 188 valence electrons. The van der Waals surface area contributed by atoms with Gasteiger partial charge in [0.2, 0.25) is 0 Å². The molecule has 0 aliphatic carbocycles. The summed E-state index contributed by atoms with van der Waals surface area (Å²) in [5.41, 5.74) is 0.261. The zero-order valence-corrected chi connectivity index (χ0v) is 18.6. The molecule has 2 aromatic rings. The number of hydrogen-bond donors (Lipinski definition) is 1. The fraction of sp³-hybridized carbons (Fsp3) is 0.375. The van der Waals surface area contributed by atoms with Crippen molar-refractivity contribution in [3.05, 3.63) is 59.9 Å². The summed E-state index contributed by atoms with van der Waals surface area (Å²) >= 11 is 0. The van der Waals surface area contributed by atoms with Crippen LogP contribution < -0.4 is 19.1 Å². The lowest BCUT2D eigenvalue weighted by Crippen LogP contribution is -2.40. The molecule has 0 spiro atoms. The molecule has 35 heavy (non-hydrogen) atoms. The minimum atomic E-state index is -3.11. The first-order chi connectivity index (χ1) is 16.8. The summed E-state index contributed by atoms with van der Waals surface area (Å²) in [6, 6.07) is 7.09. The van der Waals surface area contributed by atoms with Crippen molar-refractivity contribution in [1.29, 1.82) is 0 Å². The molecular formula is C24H24F4N2O5. The summed E-state index contributed by atoms with van der Waals surface area (Å²) in [4.78, 5) is 16.1. The Kier molecular flexibility index (Phi) is 7.76. The van der Waals surface area contributed by atoms with Gasteiger partial charge in [0.1, 0.15) is 12.4 Å². The van der Waals surface area contributed by atoms with E-state index in [1.165, 1.54) is 35.2 Å². The van der Waals surface area contributed by atoms with Gasteiger partial charge < -0.3 is 24.2 Å². The number of piperidine rings is 1.